The van der Waals surface area contributed by atoms with Crippen LogP contribution in [0.25, 0.3) is 0 Å². The highest BCUT2D eigenvalue weighted by Gasteiger charge is 2.24. The van der Waals surface area contributed by atoms with Gasteiger partial charge in [0, 0.05) is 25.2 Å². The number of nitrogens with one attached hydrogen (secondary N) is 1. The fraction of sp³-hybridized carbons (Fsp3) is 1.00. The van der Waals surface area contributed by atoms with Gasteiger partial charge in [0.05, 0.1) is 0 Å². The van der Waals surface area contributed by atoms with E-state index in [9.17, 15) is 0 Å². The first kappa shape index (κ1) is 16.9. The van der Waals surface area contributed by atoms with E-state index in [4.69, 9.17) is 0 Å². The molecule has 1 aliphatic heterocycles. The van der Waals surface area contributed by atoms with Gasteiger partial charge in [-0.25, -0.2) is 0 Å². The van der Waals surface area contributed by atoms with E-state index < -0.39 is 0 Å². The molecule has 1 heterocycles. The number of likely N-dealkylation sites (N-methyl/N-ethyl adjacent to an activating group) is 2. The zero-order valence-corrected chi connectivity index (χ0v) is 13.8. The lowest BCUT2D eigenvalue weighted by Gasteiger charge is -2.38. The van der Waals surface area contributed by atoms with Crippen molar-refractivity contribution in [2.24, 2.45) is 5.92 Å². The molecule has 1 aliphatic rings. The van der Waals surface area contributed by atoms with Crippen LogP contribution < -0.4 is 5.32 Å². The Morgan fingerprint density at radius 3 is 2.68 bits per heavy atom. The van der Waals surface area contributed by atoms with Crippen LogP contribution in [0.1, 0.15) is 46.5 Å². The van der Waals surface area contributed by atoms with Gasteiger partial charge in [-0.3, -0.25) is 0 Å². The lowest BCUT2D eigenvalue weighted by molar-refractivity contribution is 0.117. The molecule has 0 saturated carbocycles. The van der Waals surface area contributed by atoms with Crippen molar-refractivity contribution in [3.8, 4) is 0 Å². The first-order chi connectivity index (χ1) is 9.08. The van der Waals surface area contributed by atoms with Crippen molar-refractivity contribution in [3.63, 3.8) is 0 Å². The van der Waals surface area contributed by atoms with Crippen LogP contribution in [0.2, 0.25) is 0 Å². The van der Waals surface area contributed by atoms with E-state index in [1.165, 1.54) is 45.3 Å². The molecule has 3 nitrogen and oxygen atoms in total. The zero-order chi connectivity index (χ0) is 14.3. The second-order valence-electron chi connectivity index (χ2n) is 6.44. The highest BCUT2D eigenvalue weighted by atomic mass is 15.2. The molecule has 3 heteroatoms. The summed E-state index contributed by atoms with van der Waals surface area (Å²) in [5, 5.41) is 3.75. The van der Waals surface area contributed by atoms with Crippen LogP contribution in [0.5, 0.6) is 0 Å². The van der Waals surface area contributed by atoms with Crippen LogP contribution in [-0.2, 0) is 0 Å². The maximum Gasteiger partial charge on any atom is 0.0221 e. The van der Waals surface area contributed by atoms with Gasteiger partial charge < -0.3 is 15.1 Å². The van der Waals surface area contributed by atoms with Gasteiger partial charge in [-0.05, 0) is 52.4 Å². The molecule has 3 unspecified atom stereocenters. The van der Waals surface area contributed by atoms with Gasteiger partial charge in [-0.2, -0.15) is 0 Å². The predicted octanol–water partition coefficient (Wildman–Crippen LogP) is 2.43. The van der Waals surface area contributed by atoms with E-state index in [1.807, 2.05) is 0 Å². The summed E-state index contributed by atoms with van der Waals surface area (Å²) in [6, 6.07) is 1.39. The minimum atomic E-state index is 0.641. The number of nitrogens with zero attached hydrogens (tertiary/aromatic N) is 2. The molecule has 0 aliphatic carbocycles. The standard InChI is InChI=1S/C16H35N3/c1-6-10-17-16(14(3)7-2)13-19(5)15-9-8-11-18(4)12-15/h14-17H,6-13H2,1-5H3. The average molecular weight is 269 g/mol. The SMILES string of the molecule is CCCNC(CN(C)C1CCCN(C)C1)C(C)CC. The number of hydrogen-bond donors (Lipinski definition) is 1. The second-order valence-corrected chi connectivity index (χ2v) is 6.44. The van der Waals surface area contributed by atoms with Crippen molar-refractivity contribution in [1.82, 2.24) is 15.1 Å². The summed E-state index contributed by atoms with van der Waals surface area (Å²) in [7, 11) is 4.56. The summed E-state index contributed by atoms with van der Waals surface area (Å²) < 4.78 is 0. The Bertz CT molecular complexity index is 232. The minimum Gasteiger partial charge on any atom is -0.312 e. The number of hydrogen-bond acceptors (Lipinski definition) is 3. The zero-order valence-electron chi connectivity index (χ0n) is 13.8. The first-order valence-corrected chi connectivity index (χ1v) is 8.20. The topological polar surface area (TPSA) is 18.5 Å². The number of piperidine rings is 1. The molecule has 0 aromatic rings. The third-order valence-electron chi connectivity index (χ3n) is 4.69. The van der Waals surface area contributed by atoms with Crippen LogP contribution in [0.15, 0.2) is 0 Å². The summed E-state index contributed by atoms with van der Waals surface area (Å²) in [5.41, 5.74) is 0. The Balaban J connectivity index is 2.46. The van der Waals surface area contributed by atoms with Crippen molar-refractivity contribution < 1.29 is 0 Å². The van der Waals surface area contributed by atoms with Crippen LogP contribution in [-0.4, -0.2) is 62.2 Å². The Labute approximate surface area is 120 Å². The molecule has 1 rings (SSSR count). The molecule has 114 valence electrons. The Kier molecular flexibility index (Phi) is 7.96. The van der Waals surface area contributed by atoms with Crippen molar-refractivity contribution in [3.05, 3.63) is 0 Å². The van der Waals surface area contributed by atoms with Gasteiger partial charge in [0.2, 0.25) is 0 Å². The Hall–Kier alpha value is -0.120. The van der Waals surface area contributed by atoms with E-state index >= 15 is 0 Å². The second kappa shape index (κ2) is 8.93. The van der Waals surface area contributed by atoms with Gasteiger partial charge in [0.25, 0.3) is 0 Å². The summed E-state index contributed by atoms with van der Waals surface area (Å²) in [4.78, 5) is 5.07. The molecule has 0 radical (unpaired) electrons. The maximum atomic E-state index is 3.75. The lowest BCUT2D eigenvalue weighted by Crippen LogP contribution is -2.51. The van der Waals surface area contributed by atoms with Gasteiger partial charge in [-0.1, -0.05) is 27.2 Å². The highest BCUT2D eigenvalue weighted by Crippen LogP contribution is 2.16. The minimum absolute atomic E-state index is 0.641. The summed E-state index contributed by atoms with van der Waals surface area (Å²) >= 11 is 0. The fourth-order valence-electron chi connectivity index (χ4n) is 3.02. The molecule has 19 heavy (non-hydrogen) atoms. The van der Waals surface area contributed by atoms with Crippen LogP contribution in [0.4, 0.5) is 0 Å². The Morgan fingerprint density at radius 1 is 1.37 bits per heavy atom. The van der Waals surface area contributed by atoms with E-state index in [0.717, 1.165) is 18.5 Å². The highest BCUT2D eigenvalue weighted by molar-refractivity contribution is 4.82. The normalized spacial score (nSPS) is 24.6. The lowest BCUT2D eigenvalue weighted by atomic mass is 9.97. The van der Waals surface area contributed by atoms with Gasteiger partial charge >= 0.3 is 0 Å². The number of likely N-dealkylation sites (tertiary alicyclic amines) is 1. The van der Waals surface area contributed by atoms with Crippen molar-refractivity contribution >= 4 is 0 Å². The molecular weight excluding hydrogens is 234 g/mol. The van der Waals surface area contributed by atoms with Crippen molar-refractivity contribution in [2.75, 3.05) is 40.3 Å². The molecule has 3 atom stereocenters. The summed E-state index contributed by atoms with van der Waals surface area (Å²) in [6.45, 7) is 11.8. The quantitative estimate of drug-likeness (QED) is 0.730. The fourth-order valence-corrected chi connectivity index (χ4v) is 3.02. The molecule has 0 bridgehead atoms. The molecule has 0 spiro atoms. The third kappa shape index (κ3) is 5.80. The number of rotatable bonds is 8. The van der Waals surface area contributed by atoms with E-state index in [1.54, 1.807) is 0 Å². The molecule has 1 saturated heterocycles. The van der Waals surface area contributed by atoms with Gasteiger partial charge in [0.1, 0.15) is 0 Å². The monoisotopic (exact) mass is 269 g/mol. The van der Waals surface area contributed by atoms with Crippen molar-refractivity contribution in [1.29, 1.82) is 0 Å². The van der Waals surface area contributed by atoms with Crippen LogP contribution in [0.3, 0.4) is 0 Å². The molecule has 0 aromatic carbocycles. The van der Waals surface area contributed by atoms with Crippen LogP contribution >= 0.6 is 0 Å². The predicted molar refractivity (Wildman–Crippen MR) is 84.7 cm³/mol. The molecule has 1 N–H and O–H groups in total. The molecule has 1 fully saturated rings. The van der Waals surface area contributed by atoms with E-state index in [0.29, 0.717) is 6.04 Å². The largest absolute Gasteiger partial charge is 0.312 e. The summed E-state index contributed by atoms with van der Waals surface area (Å²) in [5.74, 6) is 0.760. The first-order valence-electron chi connectivity index (χ1n) is 8.20. The molecule has 0 aromatic heterocycles. The molecular formula is C16H35N3. The van der Waals surface area contributed by atoms with Gasteiger partial charge in [-0.15, -0.1) is 0 Å². The smallest absolute Gasteiger partial charge is 0.0221 e. The summed E-state index contributed by atoms with van der Waals surface area (Å²) in [6.07, 6.45) is 5.20. The third-order valence-corrected chi connectivity index (χ3v) is 4.69. The van der Waals surface area contributed by atoms with Crippen molar-refractivity contribution in [2.45, 2.75) is 58.5 Å². The maximum absolute atomic E-state index is 3.75. The van der Waals surface area contributed by atoms with Gasteiger partial charge in [0.15, 0.2) is 0 Å². The van der Waals surface area contributed by atoms with E-state index in [2.05, 4.69) is 50.0 Å². The van der Waals surface area contributed by atoms with Crippen LogP contribution in [0, 0.1) is 5.92 Å². The Morgan fingerprint density at radius 2 is 2.11 bits per heavy atom. The molecule has 0 amide bonds. The average Bonchev–Trinajstić information content (AvgIpc) is 2.42. The van der Waals surface area contributed by atoms with E-state index in [-0.39, 0.29) is 0 Å².